The van der Waals surface area contributed by atoms with Gasteiger partial charge in [-0.15, -0.1) is 0 Å². The van der Waals surface area contributed by atoms with Gasteiger partial charge in [0, 0.05) is 35.8 Å². The molecule has 0 saturated heterocycles. The molecular weight excluding hydrogens is 371 g/mol. The third-order valence-electron chi connectivity index (χ3n) is 5.35. The minimum atomic E-state index is -0.249. The molecular formula is C23H23FN2O3. The second-order valence-corrected chi connectivity index (χ2v) is 7.08. The highest BCUT2D eigenvalue weighted by Gasteiger charge is 2.20. The third kappa shape index (κ3) is 3.83. The van der Waals surface area contributed by atoms with Crippen molar-refractivity contribution in [1.29, 1.82) is 0 Å². The van der Waals surface area contributed by atoms with Crippen LogP contribution in [0.25, 0.3) is 16.5 Å². The van der Waals surface area contributed by atoms with Crippen LogP contribution in [0.1, 0.15) is 17.5 Å². The quantitative estimate of drug-likeness (QED) is 0.706. The normalized spacial score (nSPS) is 14.0. The highest BCUT2D eigenvalue weighted by molar-refractivity contribution is 5.93. The third-order valence-corrected chi connectivity index (χ3v) is 5.35. The lowest BCUT2D eigenvalue weighted by Crippen LogP contribution is -2.35. The van der Waals surface area contributed by atoms with E-state index in [4.69, 9.17) is 9.47 Å². The van der Waals surface area contributed by atoms with Crippen LogP contribution < -0.4 is 9.47 Å². The van der Waals surface area contributed by atoms with Crippen LogP contribution >= 0.6 is 0 Å². The van der Waals surface area contributed by atoms with Gasteiger partial charge in [0.05, 0.1) is 20.6 Å². The number of carbonyl (C=O) groups is 1. The molecule has 0 spiro atoms. The van der Waals surface area contributed by atoms with Gasteiger partial charge < -0.3 is 19.4 Å². The number of H-pyrrole nitrogens is 1. The van der Waals surface area contributed by atoms with Crippen molar-refractivity contribution in [2.45, 2.75) is 12.8 Å². The van der Waals surface area contributed by atoms with Crippen molar-refractivity contribution in [3.63, 3.8) is 0 Å². The Morgan fingerprint density at radius 1 is 1.14 bits per heavy atom. The predicted molar refractivity (Wildman–Crippen MR) is 111 cm³/mol. The van der Waals surface area contributed by atoms with Gasteiger partial charge in [-0.25, -0.2) is 4.39 Å². The van der Waals surface area contributed by atoms with E-state index in [2.05, 4.69) is 11.1 Å². The molecule has 6 heteroatoms. The molecule has 1 N–H and O–H groups in total. The number of nitrogens with zero attached hydrogens (tertiary/aromatic N) is 1. The van der Waals surface area contributed by atoms with Gasteiger partial charge in [0.15, 0.2) is 11.5 Å². The van der Waals surface area contributed by atoms with Crippen LogP contribution in [0, 0.1) is 5.82 Å². The summed E-state index contributed by atoms with van der Waals surface area (Å²) in [5, 5.41) is 0.876. The number of hydrogen-bond acceptors (Lipinski definition) is 3. The maximum atomic E-state index is 13.6. The Hall–Kier alpha value is -3.28. The molecule has 0 fully saturated rings. The first-order valence-corrected chi connectivity index (χ1v) is 9.53. The molecule has 0 aliphatic carbocycles. The summed E-state index contributed by atoms with van der Waals surface area (Å²) >= 11 is 0. The number of rotatable bonds is 5. The van der Waals surface area contributed by atoms with Crippen LogP contribution in [0.15, 0.2) is 48.7 Å². The number of amides is 1. The first-order chi connectivity index (χ1) is 14.1. The summed E-state index contributed by atoms with van der Waals surface area (Å²) in [4.78, 5) is 17.8. The zero-order valence-corrected chi connectivity index (χ0v) is 16.5. The molecule has 0 unspecified atom stereocenters. The molecule has 3 aromatic rings. The van der Waals surface area contributed by atoms with Crippen molar-refractivity contribution in [2.75, 3.05) is 27.3 Å². The average molecular weight is 394 g/mol. The lowest BCUT2D eigenvalue weighted by atomic mass is 9.98. The van der Waals surface area contributed by atoms with Crippen molar-refractivity contribution in [3.05, 3.63) is 65.6 Å². The molecule has 29 heavy (non-hydrogen) atoms. The van der Waals surface area contributed by atoms with Gasteiger partial charge in [-0.3, -0.25) is 4.79 Å². The number of ether oxygens (including phenoxy) is 2. The first kappa shape index (κ1) is 19.1. The minimum Gasteiger partial charge on any atom is -0.493 e. The number of benzene rings is 2. The van der Waals surface area contributed by atoms with Crippen LogP contribution in [-0.4, -0.2) is 43.1 Å². The summed E-state index contributed by atoms with van der Waals surface area (Å²) in [6.45, 7) is 1.18. The number of carbonyl (C=O) groups excluding carboxylic acids is 1. The summed E-state index contributed by atoms with van der Waals surface area (Å²) in [6.07, 6.45) is 5.02. The maximum Gasteiger partial charge on any atom is 0.227 e. The Balaban J connectivity index is 1.46. The average Bonchev–Trinajstić information content (AvgIpc) is 3.16. The maximum absolute atomic E-state index is 13.6. The Kier molecular flexibility index (Phi) is 5.25. The second kappa shape index (κ2) is 7.99. The summed E-state index contributed by atoms with van der Waals surface area (Å²) < 4.78 is 24.2. The Morgan fingerprint density at radius 2 is 1.97 bits per heavy atom. The monoisotopic (exact) mass is 394 g/mol. The standard InChI is InChI=1S/C23H23FN2O3/c1-28-21-6-3-15(11-22(21)29-2)12-23(27)26-9-7-16(8-10-26)19-14-25-20-5-4-17(24)13-18(19)20/h3-7,11,13-14,25H,8-10,12H2,1-2H3. The molecule has 1 aliphatic rings. The van der Waals surface area contributed by atoms with Gasteiger partial charge >= 0.3 is 0 Å². The topological polar surface area (TPSA) is 54.6 Å². The summed E-state index contributed by atoms with van der Waals surface area (Å²) in [5.74, 6) is 1.08. The molecule has 2 aromatic carbocycles. The van der Waals surface area contributed by atoms with E-state index in [9.17, 15) is 9.18 Å². The largest absolute Gasteiger partial charge is 0.493 e. The molecule has 4 rings (SSSR count). The van der Waals surface area contributed by atoms with E-state index in [0.717, 1.165) is 34.0 Å². The molecule has 1 aromatic heterocycles. The van der Waals surface area contributed by atoms with Crippen molar-refractivity contribution in [2.24, 2.45) is 0 Å². The van der Waals surface area contributed by atoms with E-state index < -0.39 is 0 Å². The Labute approximate surface area is 168 Å². The molecule has 150 valence electrons. The van der Waals surface area contributed by atoms with Crippen LogP contribution in [0.3, 0.4) is 0 Å². The smallest absolute Gasteiger partial charge is 0.227 e. The summed E-state index contributed by atoms with van der Waals surface area (Å²) in [7, 11) is 3.17. The van der Waals surface area contributed by atoms with E-state index >= 15 is 0 Å². The van der Waals surface area contributed by atoms with Crippen LogP contribution in [-0.2, 0) is 11.2 Å². The SMILES string of the molecule is COc1ccc(CC(=O)N2CC=C(c3c[nH]c4ccc(F)cc34)CC2)cc1OC. The highest BCUT2D eigenvalue weighted by Crippen LogP contribution is 2.31. The summed E-state index contributed by atoms with van der Waals surface area (Å²) in [5.41, 5.74) is 3.94. The van der Waals surface area contributed by atoms with Crippen molar-refractivity contribution < 1.29 is 18.7 Å². The van der Waals surface area contributed by atoms with E-state index in [1.807, 2.05) is 29.3 Å². The van der Waals surface area contributed by atoms with Crippen molar-refractivity contribution >= 4 is 22.4 Å². The first-order valence-electron chi connectivity index (χ1n) is 9.53. The number of nitrogens with one attached hydrogen (secondary N) is 1. The van der Waals surface area contributed by atoms with E-state index in [1.165, 1.54) is 6.07 Å². The van der Waals surface area contributed by atoms with Crippen LogP contribution in [0.5, 0.6) is 11.5 Å². The second-order valence-electron chi connectivity index (χ2n) is 7.08. The molecule has 0 saturated carbocycles. The zero-order valence-electron chi connectivity index (χ0n) is 16.5. The molecule has 0 radical (unpaired) electrons. The molecule has 2 heterocycles. The number of fused-ring (bicyclic) bond motifs is 1. The van der Waals surface area contributed by atoms with Crippen molar-refractivity contribution in [1.82, 2.24) is 9.88 Å². The van der Waals surface area contributed by atoms with Gasteiger partial charge in [-0.1, -0.05) is 12.1 Å². The zero-order chi connectivity index (χ0) is 20.4. The molecule has 1 aliphatic heterocycles. The van der Waals surface area contributed by atoms with E-state index in [0.29, 0.717) is 31.0 Å². The van der Waals surface area contributed by atoms with Gasteiger partial charge in [0.25, 0.3) is 0 Å². The number of aromatic nitrogens is 1. The minimum absolute atomic E-state index is 0.0671. The summed E-state index contributed by atoms with van der Waals surface area (Å²) in [6, 6.07) is 10.3. The van der Waals surface area contributed by atoms with Gasteiger partial charge in [-0.05, 0) is 47.9 Å². The highest BCUT2D eigenvalue weighted by atomic mass is 19.1. The fourth-order valence-electron chi connectivity index (χ4n) is 3.78. The number of halogens is 1. The molecule has 1 amide bonds. The number of aromatic amines is 1. The Bertz CT molecular complexity index is 1090. The Morgan fingerprint density at radius 3 is 2.69 bits per heavy atom. The predicted octanol–water partition coefficient (Wildman–Crippen LogP) is 4.18. The lowest BCUT2D eigenvalue weighted by Gasteiger charge is -2.26. The van der Waals surface area contributed by atoms with E-state index in [-0.39, 0.29) is 11.7 Å². The van der Waals surface area contributed by atoms with Gasteiger partial charge in [0.2, 0.25) is 5.91 Å². The molecule has 0 atom stereocenters. The fourth-order valence-corrected chi connectivity index (χ4v) is 3.78. The van der Waals surface area contributed by atoms with Crippen LogP contribution in [0.2, 0.25) is 0 Å². The number of hydrogen-bond donors (Lipinski definition) is 1. The van der Waals surface area contributed by atoms with Crippen LogP contribution in [0.4, 0.5) is 4.39 Å². The fraction of sp³-hybridized carbons (Fsp3) is 0.261. The van der Waals surface area contributed by atoms with Gasteiger partial charge in [-0.2, -0.15) is 0 Å². The van der Waals surface area contributed by atoms with Gasteiger partial charge in [0.1, 0.15) is 5.82 Å². The lowest BCUT2D eigenvalue weighted by molar-refractivity contribution is -0.130. The molecule has 5 nitrogen and oxygen atoms in total. The van der Waals surface area contributed by atoms with Crippen molar-refractivity contribution in [3.8, 4) is 11.5 Å². The number of methoxy groups -OCH3 is 2. The van der Waals surface area contributed by atoms with E-state index in [1.54, 1.807) is 26.4 Å². The molecule has 0 bridgehead atoms.